The molecular formula is C16H25N3. The maximum absolute atomic E-state index is 6.19. The summed E-state index contributed by atoms with van der Waals surface area (Å²) in [6.45, 7) is 3.12. The lowest BCUT2D eigenvalue weighted by molar-refractivity contribution is 0.123. The van der Waals surface area contributed by atoms with Crippen LogP contribution in [0.15, 0.2) is 24.3 Å². The molecular weight excluding hydrogens is 234 g/mol. The van der Waals surface area contributed by atoms with Crippen LogP contribution in [0.3, 0.4) is 0 Å². The highest BCUT2D eigenvalue weighted by Gasteiger charge is 2.43. The SMILES string of the molecule is CN(C)C1CCN(C2(CN)Cc3ccccc3C2)C1. The lowest BCUT2D eigenvalue weighted by Gasteiger charge is -2.38. The first-order valence-electron chi connectivity index (χ1n) is 7.33. The van der Waals surface area contributed by atoms with Gasteiger partial charge in [-0.1, -0.05) is 24.3 Å². The van der Waals surface area contributed by atoms with Crippen molar-refractivity contribution in [2.75, 3.05) is 33.7 Å². The van der Waals surface area contributed by atoms with E-state index in [0.717, 1.165) is 25.9 Å². The molecule has 0 amide bonds. The number of likely N-dealkylation sites (N-methyl/N-ethyl adjacent to an activating group) is 1. The van der Waals surface area contributed by atoms with Crippen LogP contribution in [0.1, 0.15) is 17.5 Å². The predicted molar refractivity (Wildman–Crippen MR) is 79.3 cm³/mol. The first kappa shape index (κ1) is 13.1. The van der Waals surface area contributed by atoms with Crippen molar-refractivity contribution in [1.82, 2.24) is 9.80 Å². The Bertz CT molecular complexity index is 430. The fraction of sp³-hybridized carbons (Fsp3) is 0.625. The summed E-state index contributed by atoms with van der Waals surface area (Å²) in [7, 11) is 4.37. The monoisotopic (exact) mass is 259 g/mol. The van der Waals surface area contributed by atoms with E-state index < -0.39 is 0 Å². The van der Waals surface area contributed by atoms with Crippen LogP contribution in [0.25, 0.3) is 0 Å². The number of benzene rings is 1. The van der Waals surface area contributed by atoms with Gasteiger partial charge in [0.25, 0.3) is 0 Å². The van der Waals surface area contributed by atoms with E-state index in [9.17, 15) is 0 Å². The molecule has 1 aliphatic heterocycles. The normalized spacial score (nSPS) is 26.0. The van der Waals surface area contributed by atoms with Crippen LogP contribution in [0, 0.1) is 0 Å². The molecule has 0 spiro atoms. The van der Waals surface area contributed by atoms with E-state index in [4.69, 9.17) is 5.73 Å². The Morgan fingerprint density at radius 3 is 2.37 bits per heavy atom. The summed E-state index contributed by atoms with van der Waals surface area (Å²) in [6, 6.07) is 9.53. The minimum Gasteiger partial charge on any atom is -0.329 e. The van der Waals surface area contributed by atoms with E-state index in [0.29, 0.717) is 6.04 Å². The molecule has 0 saturated carbocycles. The highest BCUT2D eigenvalue weighted by Crippen LogP contribution is 2.36. The molecule has 1 aromatic rings. The van der Waals surface area contributed by atoms with Crippen LogP contribution in [0.2, 0.25) is 0 Å². The van der Waals surface area contributed by atoms with Gasteiger partial charge in [-0.25, -0.2) is 0 Å². The summed E-state index contributed by atoms with van der Waals surface area (Å²) in [5, 5.41) is 0. The van der Waals surface area contributed by atoms with Crippen molar-refractivity contribution in [3.8, 4) is 0 Å². The topological polar surface area (TPSA) is 32.5 Å². The van der Waals surface area contributed by atoms with Crippen molar-refractivity contribution in [2.45, 2.75) is 30.8 Å². The molecule has 2 N–H and O–H groups in total. The van der Waals surface area contributed by atoms with E-state index in [1.54, 1.807) is 0 Å². The third-order valence-corrected chi connectivity index (χ3v) is 5.10. The molecule has 1 fully saturated rings. The number of fused-ring (bicyclic) bond motifs is 1. The molecule has 0 aromatic heterocycles. The van der Waals surface area contributed by atoms with Crippen LogP contribution >= 0.6 is 0 Å². The first-order valence-corrected chi connectivity index (χ1v) is 7.33. The first-order chi connectivity index (χ1) is 9.14. The molecule has 1 atom stereocenters. The van der Waals surface area contributed by atoms with Gasteiger partial charge < -0.3 is 10.6 Å². The maximum atomic E-state index is 6.19. The molecule has 2 aliphatic rings. The summed E-state index contributed by atoms with van der Waals surface area (Å²) < 4.78 is 0. The summed E-state index contributed by atoms with van der Waals surface area (Å²) >= 11 is 0. The zero-order valence-electron chi connectivity index (χ0n) is 12.1. The number of nitrogens with zero attached hydrogens (tertiary/aromatic N) is 2. The Balaban J connectivity index is 1.80. The zero-order chi connectivity index (χ0) is 13.5. The third kappa shape index (κ3) is 2.20. The van der Waals surface area contributed by atoms with Gasteiger partial charge in [0.1, 0.15) is 0 Å². The Hall–Kier alpha value is -0.900. The molecule has 0 bridgehead atoms. The predicted octanol–water partition coefficient (Wildman–Crippen LogP) is 1.12. The molecule has 1 unspecified atom stereocenters. The van der Waals surface area contributed by atoms with Crippen molar-refractivity contribution in [3.05, 3.63) is 35.4 Å². The van der Waals surface area contributed by atoms with Gasteiger partial charge in [0, 0.05) is 31.2 Å². The number of hydrogen-bond donors (Lipinski definition) is 1. The van der Waals surface area contributed by atoms with E-state index in [1.165, 1.54) is 24.1 Å². The molecule has 1 aliphatic carbocycles. The summed E-state index contributed by atoms with van der Waals surface area (Å²) in [5.41, 5.74) is 9.37. The Kier molecular flexibility index (Phi) is 3.37. The molecule has 1 heterocycles. The fourth-order valence-electron chi connectivity index (χ4n) is 3.77. The second-order valence-corrected chi connectivity index (χ2v) is 6.40. The fourth-order valence-corrected chi connectivity index (χ4v) is 3.77. The van der Waals surface area contributed by atoms with Gasteiger partial charge in [-0.3, -0.25) is 4.90 Å². The van der Waals surface area contributed by atoms with Gasteiger partial charge in [0.2, 0.25) is 0 Å². The van der Waals surface area contributed by atoms with Crippen molar-refractivity contribution < 1.29 is 0 Å². The van der Waals surface area contributed by atoms with Crippen molar-refractivity contribution in [3.63, 3.8) is 0 Å². The van der Waals surface area contributed by atoms with Gasteiger partial charge in [-0.15, -0.1) is 0 Å². The molecule has 1 aromatic carbocycles. The lowest BCUT2D eigenvalue weighted by Crippen LogP contribution is -2.54. The van der Waals surface area contributed by atoms with Gasteiger partial charge >= 0.3 is 0 Å². The second-order valence-electron chi connectivity index (χ2n) is 6.40. The molecule has 1 saturated heterocycles. The number of likely N-dealkylation sites (tertiary alicyclic amines) is 1. The van der Waals surface area contributed by atoms with E-state index >= 15 is 0 Å². The Labute approximate surface area is 116 Å². The summed E-state index contributed by atoms with van der Waals surface area (Å²) in [5.74, 6) is 0. The molecule has 0 radical (unpaired) electrons. The van der Waals surface area contributed by atoms with Crippen LogP contribution in [0.4, 0.5) is 0 Å². The largest absolute Gasteiger partial charge is 0.329 e. The molecule has 104 valence electrons. The van der Waals surface area contributed by atoms with Gasteiger partial charge in [-0.2, -0.15) is 0 Å². The van der Waals surface area contributed by atoms with Crippen LogP contribution in [0.5, 0.6) is 0 Å². The number of nitrogens with two attached hydrogens (primary N) is 1. The average Bonchev–Trinajstić information content (AvgIpc) is 3.03. The quantitative estimate of drug-likeness (QED) is 0.883. The Morgan fingerprint density at radius 1 is 1.26 bits per heavy atom. The Morgan fingerprint density at radius 2 is 1.89 bits per heavy atom. The molecule has 19 heavy (non-hydrogen) atoms. The molecule has 3 heteroatoms. The smallest absolute Gasteiger partial charge is 0.0412 e. The maximum Gasteiger partial charge on any atom is 0.0412 e. The number of rotatable bonds is 3. The average molecular weight is 259 g/mol. The van der Waals surface area contributed by atoms with Crippen LogP contribution < -0.4 is 5.73 Å². The van der Waals surface area contributed by atoms with Crippen molar-refractivity contribution >= 4 is 0 Å². The highest BCUT2D eigenvalue weighted by atomic mass is 15.3. The minimum atomic E-state index is 0.175. The zero-order valence-corrected chi connectivity index (χ0v) is 12.1. The standard InChI is InChI=1S/C16H25N3/c1-18(2)15-7-8-19(11-15)16(12-17)9-13-5-3-4-6-14(13)10-16/h3-6,15H,7-12,17H2,1-2H3. The second kappa shape index (κ2) is 4.89. The molecule has 3 rings (SSSR count). The highest BCUT2D eigenvalue weighted by molar-refractivity contribution is 5.37. The van der Waals surface area contributed by atoms with Gasteiger partial charge in [-0.05, 0) is 44.5 Å². The molecule has 3 nitrogen and oxygen atoms in total. The van der Waals surface area contributed by atoms with Gasteiger partial charge in [0.05, 0.1) is 0 Å². The van der Waals surface area contributed by atoms with Crippen LogP contribution in [-0.2, 0) is 12.8 Å². The van der Waals surface area contributed by atoms with Gasteiger partial charge in [0.15, 0.2) is 0 Å². The number of hydrogen-bond acceptors (Lipinski definition) is 3. The summed E-state index contributed by atoms with van der Waals surface area (Å²) in [6.07, 6.45) is 3.52. The van der Waals surface area contributed by atoms with E-state index in [-0.39, 0.29) is 5.54 Å². The minimum absolute atomic E-state index is 0.175. The van der Waals surface area contributed by atoms with Crippen molar-refractivity contribution in [1.29, 1.82) is 0 Å². The summed E-state index contributed by atoms with van der Waals surface area (Å²) in [4.78, 5) is 5.00. The van der Waals surface area contributed by atoms with Crippen molar-refractivity contribution in [2.24, 2.45) is 5.73 Å². The van der Waals surface area contributed by atoms with Crippen LogP contribution in [-0.4, -0.2) is 55.1 Å². The van der Waals surface area contributed by atoms with E-state index in [2.05, 4.69) is 48.2 Å². The van der Waals surface area contributed by atoms with E-state index in [1.807, 2.05) is 0 Å². The lowest BCUT2D eigenvalue weighted by atomic mass is 9.93. The third-order valence-electron chi connectivity index (χ3n) is 5.10.